The highest BCUT2D eigenvalue weighted by Crippen LogP contribution is 2.14. The Morgan fingerprint density at radius 1 is 1.33 bits per heavy atom. The Morgan fingerprint density at radius 2 is 2.08 bits per heavy atom. The third-order valence-electron chi connectivity index (χ3n) is 3.52. The molecule has 0 saturated heterocycles. The minimum absolute atomic E-state index is 0.207. The van der Waals surface area contributed by atoms with E-state index < -0.39 is 5.97 Å². The highest BCUT2D eigenvalue weighted by Gasteiger charge is 2.12. The Kier molecular flexibility index (Phi) is 5.83. The van der Waals surface area contributed by atoms with Gasteiger partial charge in [-0.15, -0.1) is 5.10 Å². The fourth-order valence-electron chi connectivity index (χ4n) is 2.15. The quantitative estimate of drug-likeness (QED) is 0.644. The zero-order valence-corrected chi connectivity index (χ0v) is 13.9. The van der Waals surface area contributed by atoms with Gasteiger partial charge in [0.2, 0.25) is 0 Å². The van der Waals surface area contributed by atoms with Crippen LogP contribution >= 0.6 is 0 Å². The molecular formula is C17H20N4O3. The molecule has 7 nitrogen and oxygen atoms in total. The maximum absolute atomic E-state index is 12.1. The predicted octanol–water partition coefficient (Wildman–Crippen LogP) is 1.68. The van der Waals surface area contributed by atoms with Gasteiger partial charge >= 0.3 is 5.97 Å². The Balaban J connectivity index is 2.05. The van der Waals surface area contributed by atoms with Crippen LogP contribution in [-0.2, 0) is 16.0 Å². The van der Waals surface area contributed by atoms with Crippen LogP contribution in [0.3, 0.4) is 0 Å². The van der Waals surface area contributed by atoms with Gasteiger partial charge in [-0.25, -0.2) is 9.48 Å². The predicted molar refractivity (Wildman–Crippen MR) is 88.8 cm³/mol. The van der Waals surface area contributed by atoms with Gasteiger partial charge in [0.1, 0.15) is 0 Å². The molecule has 0 fully saturated rings. The molecule has 1 aromatic heterocycles. The summed E-state index contributed by atoms with van der Waals surface area (Å²) in [5, 5.41) is 10.6. The van der Waals surface area contributed by atoms with Crippen LogP contribution < -0.4 is 5.32 Å². The molecule has 24 heavy (non-hydrogen) atoms. The summed E-state index contributed by atoms with van der Waals surface area (Å²) in [4.78, 5) is 23.3. The molecule has 1 N–H and O–H groups in total. The van der Waals surface area contributed by atoms with Gasteiger partial charge in [-0.2, -0.15) is 0 Å². The fraction of sp³-hybridized carbons (Fsp3) is 0.294. The third-order valence-corrected chi connectivity index (χ3v) is 3.52. The van der Waals surface area contributed by atoms with E-state index in [-0.39, 0.29) is 18.1 Å². The Morgan fingerprint density at radius 3 is 2.79 bits per heavy atom. The molecule has 0 aliphatic heterocycles. The van der Waals surface area contributed by atoms with E-state index in [0.29, 0.717) is 5.57 Å². The number of nitrogens with zero attached hydrogens (tertiary/aromatic N) is 3. The molecule has 1 heterocycles. The second kappa shape index (κ2) is 8.05. The molecule has 0 unspecified atom stereocenters. The first-order chi connectivity index (χ1) is 11.6. The van der Waals surface area contributed by atoms with Crippen molar-refractivity contribution in [2.24, 2.45) is 0 Å². The number of esters is 1. The summed E-state index contributed by atoms with van der Waals surface area (Å²) in [7, 11) is 1.31. The molecule has 0 saturated carbocycles. The lowest BCUT2D eigenvalue weighted by atomic mass is 10.1. The lowest BCUT2D eigenvalue weighted by molar-refractivity contribution is -0.136. The lowest BCUT2D eigenvalue weighted by Crippen LogP contribution is -2.24. The molecule has 0 atom stereocenters. The molecule has 2 rings (SSSR count). The van der Waals surface area contributed by atoms with Crippen LogP contribution in [0.2, 0.25) is 0 Å². The number of carbonyl (C=O) groups is 2. The second-order valence-corrected chi connectivity index (χ2v) is 5.12. The number of ether oxygens (including phenoxy) is 1. The summed E-state index contributed by atoms with van der Waals surface area (Å²) in [5.74, 6) is -0.782. The van der Waals surface area contributed by atoms with Gasteiger partial charge in [-0.05, 0) is 25.0 Å². The summed E-state index contributed by atoms with van der Waals surface area (Å²) in [5.41, 5.74) is 2.65. The maximum atomic E-state index is 12.1. The van der Waals surface area contributed by atoms with E-state index in [2.05, 4.69) is 27.3 Å². The van der Waals surface area contributed by atoms with Crippen LogP contribution in [0.25, 0.3) is 5.69 Å². The number of aryl methyl sites for hydroxylation is 1. The van der Waals surface area contributed by atoms with Crippen LogP contribution in [0.5, 0.6) is 0 Å². The van der Waals surface area contributed by atoms with Gasteiger partial charge in [-0.3, -0.25) is 4.79 Å². The highest BCUT2D eigenvalue weighted by molar-refractivity contribution is 5.92. The van der Waals surface area contributed by atoms with Crippen LogP contribution in [-0.4, -0.2) is 40.5 Å². The number of methoxy groups -OCH3 is 1. The summed E-state index contributed by atoms with van der Waals surface area (Å²) in [6.45, 7) is 3.88. The Hall–Kier alpha value is -2.96. The largest absolute Gasteiger partial charge is 0.466 e. The molecule has 1 amide bonds. The van der Waals surface area contributed by atoms with Crippen molar-refractivity contribution in [3.05, 3.63) is 53.4 Å². The van der Waals surface area contributed by atoms with Gasteiger partial charge in [0.15, 0.2) is 5.69 Å². The number of benzene rings is 1. The van der Waals surface area contributed by atoms with Gasteiger partial charge in [0.25, 0.3) is 5.91 Å². The molecule has 0 aliphatic carbocycles. The van der Waals surface area contributed by atoms with Crippen molar-refractivity contribution >= 4 is 11.9 Å². The molecule has 0 aliphatic rings. The number of para-hydroxylation sites is 1. The minimum atomic E-state index is -0.425. The van der Waals surface area contributed by atoms with Crippen LogP contribution in [0.4, 0.5) is 0 Å². The van der Waals surface area contributed by atoms with Crippen molar-refractivity contribution in [1.82, 2.24) is 20.3 Å². The first kappa shape index (κ1) is 17.4. The summed E-state index contributed by atoms with van der Waals surface area (Å²) < 4.78 is 6.17. The number of aromatic nitrogens is 3. The molecular weight excluding hydrogens is 308 g/mol. The lowest BCUT2D eigenvalue weighted by Gasteiger charge is -2.05. The van der Waals surface area contributed by atoms with E-state index in [4.69, 9.17) is 0 Å². The average Bonchev–Trinajstić information content (AvgIpc) is 3.10. The van der Waals surface area contributed by atoms with E-state index >= 15 is 0 Å². The van der Waals surface area contributed by atoms with Crippen molar-refractivity contribution in [3.8, 4) is 5.69 Å². The Labute approximate surface area is 140 Å². The standard InChI is InChI=1S/C17H20N4O3/c1-4-13-7-5-6-8-15(13)21-11-14(19-20-21)16(22)18-10-9-12(2)17(23)24-3/h5-9,11H,4,10H2,1-3H3,(H,18,22)/b12-9+. The molecule has 2 aromatic rings. The first-order valence-corrected chi connectivity index (χ1v) is 7.60. The van der Waals surface area contributed by atoms with Crippen molar-refractivity contribution in [1.29, 1.82) is 0 Å². The smallest absolute Gasteiger partial charge is 0.333 e. The first-order valence-electron chi connectivity index (χ1n) is 7.60. The maximum Gasteiger partial charge on any atom is 0.333 e. The summed E-state index contributed by atoms with van der Waals surface area (Å²) in [6, 6.07) is 7.81. The number of hydrogen-bond donors (Lipinski definition) is 1. The third kappa shape index (κ3) is 4.07. The second-order valence-electron chi connectivity index (χ2n) is 5.12. The van der Waals surface area contributed by atoms with E-state index in [1.807, 2.05) is 24.3 Å². The average molecular weight is 328 g/mol. The number of hydrogen-bond acceptors (Lipinski definition) is 5. The zero-order valence-electron chi connectivity index (χ0n) is 13.9. The van der Waals surface area contributed by atoms with Crippen LogP contribution in [0, 0.1) is 0 Å². The molecule has 126 valence electrons. The molecule has 7 heteroatoms. The topological polar surface area (TPSA) is 86.1 Å². The fourth-order valence-corrected chi connectivity index (χ4v) is 2.15. The molecule has 0 spiro atoms. The minimum Gasteiger partial charge on any atom is -0.466 e. The van der Waals surface area contributed by atoms with E-state index in [1.165, 1.54) is 7.11 Å². The van der Waals surface area contributed by atoms with Gasteiger partial charge in [0, 0.05) is 12.1 Å². The van der Waals surface area contributed by atoms with Crippen LogP contribution in [0.15, 0.2) is 42.1 Å². The molecule has 0 bridgehead atoms. The molecule has 0 radical (unpaired) electrons. The van der Waals surface area contributed by atoms with E-state index in [1.54, 1.807) is 23.9 Å². The van der Waals surface area contributed by atoms with Gasteiger partial charge in [-0.1, -0.05) is 36.4 Å². The number of amides is 1. The number of carbonyl (C=O) groups excluding carboxylic acids is 2. The zero-order chi connectivity index (χ0) is 17.5. The van der Waals surface area contributed by atoms with Crippen LogP contribution in [0.1, 0.15) is 29.9 Å². The van der Waals surface area contributed by atoms with E-state index in [0.717, 1.165) is 17.7 Å². The monoisotopic (exact) mass is 328 g/mol. The van der Waals surface area contributed by atoms with Gasteiger partial charge < -0.3 is 10.1 Å². The highest BCUT2D eigenvalue weighted by atomic mass is 16.5. The SMILES string of the molecule is CCc1ccccc1-n1cc(C(=O)NC/C=C(\C)C(=O)OC)nn1. The van der Waals surface area contributed by atoms with Crippen molar-refractivity contribution in [3.63, 3.8) is 0 Å². The van der Waals surface area contributed by atoms with Crippen molar-refractivity contribution < 1.29 is 14.3 Å². The summed E-state index contributed by atoms with van der Waals surface area (Å²) >= 11 is 0. The van der Waals surface area contributed by atoms with E-state index in [9.17, 15) is 9.59 Å². The molecule has 1 aromatic carbocycles. The number of rotatable bonds is 6. The number of nitrogens with one attached hydrogen (secondary N) is 1. The van der Waals surface area contributed by atoms with Crippen molar-refractivity contribution in [2.75, 3.05) is 13.7 Å². The Bertz CT molecular complexity index is 765. The van der Waals surface area contributed by atoms with Crippen molar-refractivity contribution in [2.45, 2.75) is 20.3 Å². The van der Waals surface area contributed by atoms with Gasteiger partial charge in [0.05, 0.1) is 19.0 Å². The summed E-state index contributed by atoms with van der Waals surface area (Å²) in [6.07, 6.45) is 4.02. The normalized spacial score (nSPS) is 11.2.